The summed E-state index contributed by atoms with van der Waals surface area (Å²) in [4.78, 5) is 13.3. The summed E-state index contributed by atoms with van der Waals surface area (Å²) >= 11 is 0. The quantitative estimate of drug-likeness (QED) is 0.328. The van der Waals surface area contributed by atoms with Gasteiger partial charge in [0.1, 0.15) is 28.7 Å². The number of phenolic OH excluding ortho intramolecular Hbond substituents is 4. The summed E-state index contributed by atoms with van der Waals surface area (Å²) in [5, 5.41) is 41.0. The van der Waals surface area contributed by atoms with Crippen molar-refractivity contribution in [1.82, 2.24) is 0 Å². The molecular formula is C25H26O6. The van der Waals surface area contributed by atoms with E-state index in [0.717, 1.165) is 17.2 Å². The number of aromatic hydroxyl groups is 4. The lowest BCUT2D eigenvalue weighted by Crippen LogP contribution is -2.07. The molecule has 0 saturated carbocycles. The molecule has 0 fully saturated rings. The van der Waals surface area contributed by atoms with Crippen molar-refractivity contribution in [2.24, 2.45) is 0 Å². The molecule has 0 bridgehead atoms. The lowest BCUT2D eigenvalue weighted by Gasteiger charge is -2.12. The Balaban J connectivity index is 2.24. The van der Waals surface area contributed by atoms with Crippen molar-refractivity contribution in [3.8, 4) is 34.1 Å². The van der Waals surface area contributed by atoms with E-state index in [1.165, 1.54) is 12.3 Å². The van der Waals surface area contributed by atoms with Crippen LogP contribution in [0.4, 0.5) is 0 Å². The summed E-state index contributed by atoms with van der Waals surface area (Å²) < 4.78 is 5.71. The summed E-state index contributed by atoms with van der Waals surface area (Å²) in [5.41, 5.74) is 3.00. The first-order valence-electron chi connectivity index (χ1n) is 9.91. The minimum atomic E-state index is -0.504. The Bertz CT molecular complexity index is 1270. The maximum Gasteiger partial charge on any atom is 0.204 e. The topological polar surface area (TPSA) is 111 Å². The van der Waals surface area contributed by atoms with Crippen LogP contribution >= 0.6 is 0 Å². The van der Waals surface area contributed by atoms with E-state index in [1.807, 2.05) is 39.8 Å². The molecule has 0 atom stereocenters. The summed E-state index contributed by atoms with van der Waals surface area (Å²) in [7, 11) is 0. The standard InChI is InChI=1S/C25H26O6/c1-13(2)5-7-15-9-16(10-21(28)23(15)29)18-12-31-25-17(8-6-14(3)4)19(26)11-20(27)22(25)24(18)30/h5-6,9-12,26-29H,7-8H2,1-4H3. The number of hydrogen-bond acceptors (Lipinski definition) is 6. The molecule has 0 unspecified atom stereocenters. The van der Waals surface area contributed by atoms with Crippen molar-refractivity contribution < 1.29 is 24.8 Å². The molecule has 6 heteroatoms. The van der Waals surface area contributed by atoms with Crippen LogP contribution in [0.25, 0.3) is 22.1 Å². The number of phenols is 4. The van der Waals surface area contributed by atoms with Crippen LogP contribution in [0.3, 0.4) is 0 Å². The van der Waals surface area contributed by atoms with Crippen LogP contribution in [-0.4, -0.2) is 20.4 Å². The van der Waals surface area contributed by atoms with Crippen LogP contribution in [0.5, 0.6) is 23.0 Å². The molecule has 4 N–H and O–H groups in total. The van der Waals surface area contributed by atoms with E-state index in [1.54, 1.807) is 6.07 Å². The Kier molecular flexibility index (Phi) is 6.11. The SMILES string of the molecule is CC(C)=CCc1cc(-c2coc3c(CC=C(C)C)c(O)cc(O)c3c2=O)cc(O)c1O. The van der Waals surface area contributed by atoms with Crippen LogP contribution in [0, 0.1) is 0 Å². The Morgan fingerprint density at radius 1 is 0.871 bits per heavy atom. The Morgan fingerprint density at radius 2 is 1.52 bits per heavy atom. The summed E-state index contributed by atoms with van der Waals surface area (Å²) in [6, 6.07) is 4.01. The molecule has 0 aliphatic carbocycles. The normalized spacial score (nSPS) is 10.8. The monoisotopic (exact) mass is 422 g/mol. The first-order valence-corrected chi connectivity index (χ1v) is 9.91. The average Bonchev–Trinajstić information content (AvgIpc) is 2.68. The average molecular weight is 422 g/mol. The third-order valence-electron chi connectivity index (χ3n) is 5.03. The molecule has 2 aromatic carbocycles. The molecule has 3 rings (SSSR count). The molecule has 0 spiro atoms. The van der Waals surface area contributed by atoms with Crippen molar-refractivity contribution in [3.63, 3.8) is 0 Å². The predicted octanol–water partition coefficient (Wildman–Crippen LogP) is 5.30. The number of allylic oxidation sites excluding steroid dienone is 4. The van der Waals surface area contributed by atoms with Crippen LogP contribution in [0.2, 0.25) is 0 Å². The number of fused-ring (bicyclic) bond motifs is 1. The predicted molar refractivity (Wildman–Crippen MR) is 121 cm³/mol. The number of benzene rings is 2. The summed E-state index contributed by atoms with van der Waals surface area (Å²) in [6.45, 7) is 7.67. The molecule has 0 radical (unpaired) electrons. The van der Waals surface area contributed by atoms with Gasteiger partial charge >= 0.3 is 0 Å². The highest BCUT2D eigenvalue weighted by Gasteiger charge is 2.20. The second-order valence-electron chi connectivity index (χ2n) is 8.05. The molecule has 1 aromatic heterocycles. The summed E-state index contributed by atoms with van der Waals surface area (Å²) in [5.74, 6) is -1.15. The van der Waals surface area contributed by atoms with Crippen molar-refractivity contribution in [2.75, 3.05) is 0 Å². The first kappa shape index (κ1) is 22.0. The van der Waals surface area contributed by atoms with E-state index < -0.39 is 11.2 Å². The molecular weight excluding hydrogens is 396 g/mol. The van der Waals surface area contributed by atoms with Gasteiger partial charge in [-0.1, -0.05) is 23.3 Å². The molecule has 0 aliphatic heterocycles. The van der Waals surface area contributed by atoms with Gasteiger partial charge in [0, 0.05) is 17.2 Å². The molecule has 3 aromatic rings. The Labute approximate surface area is 180 Å². The van der Waals surface area contributed by atoms with E-state index in [2.05, 4.69) is 0 Å². The number of hydrogen-bond donors (Lipinski definition) is 4. The Hall–Kier alpha value is -3.67. The van der Waals surface area contributed by atoms with Crippen LogP contribution < -0.4 is 5.43 Å². The van der Waals surface area contributed by atoms with Gasteiger partial charge in [-0.05, 0) is 58.2 Å². The zero-order chi connectivity index (χ0) is 22.9. The van der Waals surface area contributed by atoms with Gasteiger partial charge in [-0.15, -0.1) is 0 Å². The highest BCUT2D eigenvalue weighted by molar-refractivity contribution is 5.91. The van der Waals surface area contributed by atoms with Crippen molar-refractivity contribution >= 4 is 11.0 Å². The third-order valence-corrected chi connectivity index (χ3v) is 5.03. The van der Waals surface area contributed by atoms with E-state index >= 15 is 0 Å². The first-order chi connectivity index (χ1) is 14.6. The zero-order valence-electron chi connectivity index (χ0n) is 18.0. The van der Waals surface area contributed by atoms with Gasteiger partial charge in [-0.2, -0.15) is 0 Å². The van der Waals surface area contributed by atoms with E-state index in [0.29, 0.717) is 29.5 Å². The van der Waals surface area contributed by atoms with Gasteiger partial charge in [-0.25, -0.2) is 0 Å². The van der Waals surface area contributed by atoms with Crippen LogP contribution in [0.15, 0.2) is 57.0 Å². The minimum absolute atomic E-state index is 0.0501. The Morgan fingerprint density at radius 3 is 2.16 bits per heavy atom. The second-order valence-corrected chi connectivity index (χ2v) is 8.05. The van der Waals surface area contributed by atoms with Gasteiger partial charge in [0.2, 0.25) is 5.43 Å². The highest BCUT2D eigenvalue weighted by atomic mass is 16.3. The maximum atomic E-state index is 13.3. The molecule has 1 heterocycles. The number of rotatable bonds is 5. The van der Waals surface area contributed by atoms with E-state index in [4.69, 9.17) is 4.42 Å². The zero-order valence-corrected chi connectivity index (χ0v) is 18.0. The molecule has 31 heavy (non-hydrogen) atoms. The highest BCUT2D eigenvalue weighted by Crippen LogP contribution is 2.37. The van der Waals surface area contributed by atoms with Gasteiger partial charge < -0.3 is 24.8 Å². The fourth-order valence-corrected chi connectivity index (χ4v) is 3.33. The maximum absolute atomic E-state index is 13.3. The third kappa shape index (κ3) is 4.43. The van der Waals surface area contributed by atoms with Gasteiger partial charge in [-0.3, -0.25) is 4.79 Å². The van der Waals surface area contributed by atoms with Gasteiger partial charge in [0.15, 0.2) is 11.5 Å². The smallest absolute Gasteiger partial charge is 0.204 e. The van der Waals surface area contributed by atoms with Crippen molar-refractivity contribution in [2.45, 2.75) is 40.5 Å². The largest absolute Gasteiger partial charge is 0.507 e. The minimum Gasteiger partial charge on any atom is -0.507 e. The molecule has 6 nitrogen and oxygen atoms in total. The van der Waals surface area contributed by atoms with Gasteiger partial charge in [0.25, 0.3) is 0 Å². The van der Waals surface area contributed by atoms with Crippen LogP contribution in [-0.2, 0) is 12.8 Å². The lowest BCUT2D eigenvalue weighted by atomic mass is 9.98. The molecule has 0 saturated heterocycles. The molecule has 0 amide bonds. The van der Waals surface area contributed by atoms with Gasteiger partial charge in [0.05, 0.1) is 5.56 Å². The van der Waals surface area contributed by atoms with Crippen LogP contribution in [0.1, 0.15) is 38.8 Å². The van der Waals surface area contributed by atoms with Crippen molar-refractivity contribution in [3.05, 3.63) is 69.1 Å². The fraction of sp³-hybridized carbons (Fsp3) is 0.240. The van der Waals surface area contributed by atoms with E-state index in [-0.39, 0.29) is 33.8 Å². The van der Waals surface area contributed by atoms with E-state index in [9.17, 15) is 25.2 Å². The molecule has 162 valence electrons. The fourth-order valence-electron chi connectivity index (χ4n) is 3.33. The lowest BCUT2D eigenvalue weighted by molar-refractivity contribution is 0.400. The summed E-state index contributed by atoms with van der Waals surface area (Å²) in [6.07, 6.45) is 5.73. The second kappa shape index (κ2) is 8.60. The van der Waals surface area contributed by atoms with Crippen molar-refractivity contribution in [1.29, 1.82) is 0 Å². The molecule has 0 aliphatic rings.